The molecule has 7 heterocycles. The van der Waals surface area contributed by atoms with Crippen LogP contribution in [0.5, 0.6) is 0 Å². The van der Waals surface area contributed by atoms with Crippen molar-refractivity contribution in [1.29, 1.82) is 0 Å². The van der Waals surface area contributed by atoms with E-state index in [1.165, 1.54) is 16.2 Å². The van der Waals surface area contributed by atoms with E-state index in [1.807, 2.05) is 19.2 Å². The normalized spacial score (nSPS) is 23.5. The van der Waals surface area contributed by atoms with Crippen LogP contribution in [0.4, 0.5) is 84.1 Å². The largest absolute Gasteiger partial charge is 0.437 e. The molecule has 15 nitrogen and oxygen atoms in total. The van der Waals surface area contributed by atoms with Gasteiger partial charge < -0.3 is 29.9 Å². The van der Waals surface area contributed by atoms with Crippen molar-refractivity contribution in [2.75, 3.05) is 54.4 Å². The highest BCUT2D eigenvalue weighted by Crippen LogP contribution is 2.51. The van der Waals surface area contributed by atoms with Crippen LogP contribution in [0, 0.1) is 0 Å². The van der Waals surface area contributed by atoms with E-state index in [9.17, 15) is 62.3 Å². The van der Waals surface area contributed by atoms with Crippen LogP contribution in [-0.2, 0) is 21.8 Å². The maximum Gasteiger partial charge on any atom is 0.416 e. The summed E-state index contributed by atoms with van der Waals surface area (Å²) in [5.41, 5.74) is -4.97. The number of pyridine rings is 2. The smallest absolute Gasteiger partial charge is 0.416 e. The van der Waals surface area contributed by atoms with E-state index in [4.69, 9.17) is 4.74 Å². The molecule has 3 aromatic rings. The topological polar surface area (TPSA) is 171 Å². The van der Waals surface area contributed by atoms with Gasteiger partial charge in [0.2, 0.25) is 11.5 Å². The lowest BCUT2D eigenvalue weighted by Gasteiger charge is -2.39. The summed E-state index contributed by atoms with van der Waals surface area (Å²) in [6.07, 6.45) is -15.7. The summed E-state index contributed by atoms with van der Waals surface area (Å²) >= 11 is 0. The fourth-order valence-electron chi connectivity index (χ4n) is 7.72. The number of nitrogens with one attached hydrogen (secondary N) is 4. The van der Waals surface area contributed by atoms with Gasteiger partial charge in [-0.2, -0.15) is 35.1 Å². The van der Waals surface area contributed by atoms with E-state index >= 15 is 4.39 Å². The molecule has 388 valence electrons. The van der Waals surface area contributed by atoms with Gasteiger partial charge in [0.15, 0.2) is 6.10 Å². The average Bonchev–Trinajstić information content (AvgIpc) is 3.26. The molecule has 3 saturated heterocycles. The third-order valence-corrected chi connectivity index (χ3v) is 12.2. The number of anilines is 3. The minimum Gasteiger partial charge on any atom is -0.437 e. The van der Waals surface area contributed by atoms with Gasteiger partial charge in [0.1, 0.15) is 35.3 Å². The van der Waals surface area contributed by atoms with Gasteiger partial charge in [0, 0.05) is 77.0 Å². The minimum atomic E-state index is -4.95. The average molecular weight is 1050 g/mol. The van der Waals surface area contributed by atoms with Gasteiger partial charge in [-0.3, -0.25) is 10.6 Å². The van der Waals surface area contributed by atoms with Crippen molar-refractivity contribution in [3.8, 4) is 11.4 Å². The number of carbonyl (C=O) groups excluding carboxylic acids is 2. The van der Waals surface area contributed by atoms with Crippen molar-refractivity contribution in [1.82, 2.24) is 35.9 Å². The minimum absolute atomic E-state index is 0.00542. The van der Waals surface area contributed by atoms with Gasteiger partial charge in [-0.15, -0.1) is 0 Å². The molecule has 0 radical (unpaired) electrons. The molecule has 0 spiro atoms. The zero-order chi connectivity index (χ0) is 52.8. The first-order valence-electron chi connectivity index (χ1n) is 21.2. The molecular weight excluding hydrogens is 1000 g/mol. The van der Waals surface area contributed by atoms with Crippen LogP contribution in [0.25, 0.3) is 17.0 Å². The zero-order valence-electron chi connectivity index (χ0n) is 38.0. The van der Waals surface area contributed by atoms with E-state index in [2.05, 4.69) is 52.2 Å². The third kappa shape index (κ3) is 11.7. The molecule has 4 N–H and O–H groups in total. The standard InChI is InChI=1S/C22H26F6N5O2P.C20H19F7N6O2/c1-5-29-18-16(17(35-19(34)32-18)21(25,36)20(4,23)24)12(3)14-8-13(22(26,27)28)9-15(31-14)33-7-6-30-11(2)10-33;1-9-7-33(4-3-28-9)12-6-10(20(25,26)27)5-11(31-12)14-13-15(19(23,24)18(2,21)22)35-17(34)32-16(13)30-8-29-14/h5,8-9,11,17,30H,1,6-7,10,36H2,2-4H3,(H,29,32,34);5-6,8-9,15,28H,3-4,7H2,1-2H3,(H,29,30,32,34)/b16-12+;/t11-,17?,21?;9-,15?/m00/s1. The number of amides is 2. The van der Waals surface area contributed by atoms with Crippen molar-refractivity contribution in [2.24, 2.45) is 4.99 Å². The number of aromatic nitrogens is 4. The van der Waals surface area contributed by atoms with E-state index < -0.39 is 105 Å². The Bertz CT molecular complexity index is 2590. The van der Waals surface area contributed by atoms with Gasteiger partial charge in [-0.25, -0.2) is 56.5 Å². The molecule has 4 aliphatic rings. The summed E-state index contributed by atoms with van der Waals surface area (Å²) in [5.74, 6) is -14.7. The Morgan fingerprint density at radius 2 is 1.28 bits per heavy atom. The number of aliphatic imine (C=N–C) groups is 1. The van der Waals surface area contributed by atoms with Crippen LogP contribution in [0.15, 0.2) is 53.9 Å². The number of allylic oxidation sites excluding steroid dienone is 1. The lowest BCUT2D eigenvalue weighted by Crippen LogP contribution is -2.56. The van der Waals surface area contributed by atoms with Gasteiger partial charge in [-0.1, -0.05) is 15.8 Å². The molecule has 0 bridgehead atoms. The van der Waals surface area contributed by atoms with Crippen LogP contribution >= 0.6 is 9.24 Å². The van der Waals surface area contributed by atoms with Crippen LogP contribution in [0.2, 0.25) is 0 Å². The van der Waals surface area contributed by atoms with E-state index in [-0.39, 0.29) is 41.9 Å². The lowest BCUT2D eigenvalue weighted by molar-refractivity contribution is -0.245. The molecule has 0 saturated carbocycles. The number of rotatable bonds is 9. The predicted molar refractivity (Wildman–Crippen MR) is 235 cm³/mol. The molecule has 6 atom stereocenters. The number of fused-ring (bicyclic) bond motifs is 1. The third-order valence-electron chi connectivity index (χ3n) is 11.4. The SMILES string of the molecule is C=CN=C1NC(=O)OC(C(F)(P)C(C)(F)F)/C1=C(/C)c1cc(C(F)(F)F)cc(N2CCN[C@@H](C)C2)n1.C[C@H]1CN(c2cc(C(F)(F)F)cc(-c3ncnc4c3C(C(F)(F)C(C)(F)F)OC(=O)N4)n2)CCN1. The number of amidine groups is 1. The summed E-state index contributed by atoms with van der Waals surface area (Å²) in [6, 6.07) is 2.89. The number of cyclic esters (lactones) is 2. The van der Waals surface area contributed by atoms with Crippen molar-refractivity contribution in [3.05, 3.63) is 71.3 Å². The molecule has 0 aromatic carbocycles. The fourth-order valence-corrected chi connectivity index (χ4v) is 7.95. The molecular formula is C42H45F13N11O4P. The Morgan fingerprint density at radius 1 is 0.761 bits per heavy atom. The summed E-state index contributed by atoms with van der Waals surface area (Å²) in [5, 5.41) is 6.95. The van der Waals surface area contributed by atoms with Crippen LogP contribution in [0.3, 0.4) is 0 Å². The van der Waals surface area contributed by atoms with Gasteiger partial charge >= 0.3 is 36.4 Å². The fraction of sp³-hybridized carbons (Fsp3) is 0.500. The highest BCUT2D eigenvalue weighted by molar-refractivity contribution is 7.19. The van der Waals surface area contributed by atoms with E-state index in [1.54, 1.807) is 9.80 Å². The first-order valence-corrected chi connectivity index (χ1v) is 21.8. The molecule has 4 unspecified atom stereocenters. The molecule has 3 aromatic heterocycles. The van der Waals surface area contributed by atoms with Crippen LogP contribution in [-0.4, -0.2) is 119 Å². The second-order valence-corrected chi connectivity index (χ2v) is 17.8. The number of alkyl carbamates (subject to hydrolysis) is 1. The number of ether oxygens (including phenoxy) is 2. The molecule has 4 aliphatic heterocycles. The Labute approximate surface area is 398 Å². The molecule has 29 heteroatoms. The number of carbonyl (C=O) groups is 2. The number of alkyl halides is 13. The molecule has 0 aliphatic carbocycles. The predicted octanol–water partition coefficient (Wildman–Crippen LogP) is 8.77. The number of nitrogens with zero attached hydrogens (tertiary/aromatic N) is 7. The first-order chi connectivity index (χ1) is 32.7. The van der Waals surface area contributed by atoms with Gasteiger partial charge in [0.05, 0.1) is 28.1 Å². The number of hydrogen-bond acceptors (Lipinski definition) is 13. The maximum absolute atomic E-state index is 15.5. The number of halogens is 13. The first kappa shape index (κ1) is 54.4. The van der Waals surface area contributed by atoms with Crippen LogP contribution < -0.4 is 31.1 Å². The molecule has 71 heavy (non-hydrogen) atoms. The Hall–Kier alpha value is -5.89. The molecule has 7 rings (SSSR count). The Kier molecular flexibility index (Phi) is 15.3. The summed E-state index contributed by atoms with van der Waals surface area (Å²) in [6.45, 7) is 10.9. The molecule has 3 fully saturated rings. The van der Waals surface area contributed by atoms with Gasteiger partial charge in [-0.05, 0) is 50.6 Å². The number of hydrogen-bond donors (Lipinski definition) is 4. The second kappa shape index (κ2) is 20.0. The summed E-state index contributed by atoms with van der Waals surface area (Å²) < 4.78 is 193. The quantitative estimate of drug-likeness (QED) is 0.119. The second-order valence-electron chi connectivity index (χ2n) is 17.0. The molecule has 2 amide bonds. The highest BCUT2D eigenvalue weighted by atomic mass is 31.0. The lowest BCUT2D eigenvalue weighted by atomic mass is 9.92. The van der Waals surface area contributed by atoms with Crippen molar-refractivity contribution in [2.45, 2.75) is 94.4 Å². The van der Waals surface area contributed by atoms with Crippen molar-refractivity contribution in [3.63, 3.8) is 0 Å². The monoisotopic (exact) mass is 1050 g/mol. The van der Waals surface area contributed by atoms with E-state index in [0.29, 0.717) is 52.3 Å². The highest BCUT2D eigenvalue weighted by Gasteiger charge is 2.63. The van der Waals surface area contributed by atoms with E-state index in [0.717, 1.165) is 30.7 Å². The maximum atomic E-state index is 15.5. The van der Waals surface area contributed by atoms with Crippen molar-refractivity contribution >= 4 is 50.3 Å². The summed E-state index contributed by atoms with van der Waals surface area (Å²) in [7, 11) is 1.34. The summed E-state index contributed by atoms with van der Waals surface area (Å²) in [4.78, 5) is 46.8. The Morgan fingerprint density at radius 3 is 1.79 bits per heavy atom. The van der Waals surface area contributed by atoms with Crippen LogP contribution in [0.1, 0.15) is 63.1 Å². The van der Waals surface area contributed by atoms with Crippen molar-refractivity contribution < 1.29 is 76.1 Å². The zero-order valence-corrected chi connectivity index (χ0v) is 39.1. The number of piperazine rings is 2. The van der Waals surface area contributed by atoms with Gasteiger partial charge in [0.25, 0.3) is 5.92 Å². The Balaban J connectivity index is 0.000000232.